The zero-order valence-corrected chi connectivity index (χ0v) is 31.7. The Kier molecular flexibility index (Phi) is 11.5. The molecule has 5 aliphatic rings. The van der Waals surface area contributed by atoms with Gasteiger partial charge in [-0.15, -0.1) is 0 Å². The maximum absolute atomic E-state index is 14.5. The standard InChI is InChI=1S/C42H55NO10/c1-7-23(2)35-26(5)17-18-41(53-35)21-30-20-29(52-41)16-15-25(4)34(44)24(3)11-10-12-28-22-49-37-36(27(6)19-33(40(47)50-30)42(28,37)48)51-39(46)32-14-9-8-13-31(32)38(43)45/h8-15,19,23-24,26,29-30,33-37,44,48H,7,16-18,20-22H2,1-6H3,(H2,43,45)/b11-10+,25-15+,28-12+/t23-,24-,26-,29+,30-,33-,34-,35+,36+,37+,41+,42+/m0/s1. The van der Waals surface area contributed by atoms with Crippen molar-refractivity contribution in [1.29, 1.82) is 0 Å². The van der Waals surface area contributed by atoms with Crippen LogP contribution in [0.15, 0.2) is 71.4 Å². The van der Waals surface area contributed by atoms with Crippen molar-refractivity contribution < 1.29 is 48.3 Å². The Hall–Kier alpha value is -3.61. The van der Waals surface area contributed by atoms with Crippen molar-refractivity contribution in [1.82, 2.24) is 0 Å². The number of fused-ring (bicyclic) bond motifs is 2. The third kappa shape index (κ3) is 7.69. The lowest BCUT2D eigenvalue weighted by atomic mass is 9.70. The van der Waals surface area contributed by atoms with Crippen LogP contribution in [0.3, 0.4) is 0 Å². The molecule has 0 saturated carbocycles. The SMILES string of the molecule is CC[C@H](C)[C@H]1O[C@]2(CC[C@@H]1C)C[C@@H]1C[C@@H](C/C=C(\C)[C@@H](O)[C@@H](C)/C=C/C=C3\CO[C@@H]4[C@H](OC(=O)c5ccccc5C(N)=O)C(C)=C[C@@H](C(=O)O1)[C@]34O)O2. The highest BCUT2D eigenvalue weighted by molar-refractivity contribution is 6.04. The van der Waals surface area contributed by atoms with E-state index < -0.39 is 59.6 Å². The maximum Gasteiger partial charge on any atom is 0.339 e. The summed E-state index contributed by atoms with van der Waals surface area (Å²) >= 11 is 0. The first kappa shape index (κ1) is 39.1. The highest BCUT2D eigenvalue weighted by Gasteiger charge is 2.61. The minimum absolute atomic E-state index is 0.00122. The fourth-order valence-electron chi connectivity index (χ4n) is 8.74. The van der Waals surface area contributed by atoms with Gasteiger partial charge in [0.05, 0.1) is 36.0 Å². The molecule has 12 atom stereocenters. The van der Waals surface area contributed by atoms with Crippen LogP contribution >= 0.6 is 0 Å². The van der Waals surface area contributed by atoms with Gasteiger partial charge in [-0.2, -0.15) is 0 Å². The predicted molar refractivity (Wildman–Crippen MR) is 196 cm³/mol. The van der Waals surface area contributed by atoms with E-state index in [0.717, 1.165) is 18.4 Å². The molecule has 1 aliphatic carbocycles. The highest BCUT2D eigenvalue weighted by Crippen LogP contribution is 2.48. The predicted octanol–water partition coefficient (Wildman–Crippen LogP) is 5.49. The number of carbonyl (C=O) groups excluding carboxylic acids is 3. The topological polar surface area (TPSA) is 164 Å². The van der Waals surface area contributed by atoms with E-state index in [-0.39, 0.29) is 35.9 Å². The molecule has 3 saturated heterocycles. The van der Waals surface area contributed by atoms with Crippen molar-refractivity contribution in [2.24, 2.45) is 29.4 Å². The Morgan fingerprint density at radius 3 is 2.55 bits per heavy atom. The lowest BCUT2D eigenvalue weighted by Crippen LogP contribution is -2.59. The molecule has 4 aliphatic heterocycles. The molecule has 1 aromatic rings. The molecular formula is C42H55NO10. The number of carbonyl (C=O) groups is 3. The molecule has 4 N–H and O–H groups in total. The first-order valence-electron chi connectivity index (χ1n) is 19.1. The number of amides is 1. The zero-order valence-electron chi connectivity index (χ0n) is 31.7. The molecular weight excluding hydrogens is 678 g/mol. The van der Waals surface area contributed by atoms with E-state index in [1.807, 2.05) is 26.0 Å². The third-order valence-electron chi connectivity index (χ3n) is 12.1. The van der Waals surface area contributed by atoms with Crippen LogP contribution in [0, 0.1) is 23.7 Å². The highest BCUT2D eigenvalue weighted by atomic mass is 16.7. The Bertz CT molecular complexity index is 1690. The van der Waals surface area contributed by atoms with Gasteiger partial charge < -0.3 is 39.6 Å². The van der Waals surface area contributed by atoms with E-state index in [9.17, 15) is 24.6 Å². The summed E-state index contributed by atoms with van der Waals surface area (Å²) in [5, 5.41) is 24.0. The van der Waals surface area contributed by atoms with E-state index in [2.05, 4.69) is 20.8 Å². The van der Waals surface area contributed by atoms with Crippen molar-refractivity contribution in [2.45, 2.75) is 128 Å². The average molecular weight is 734 g/mol. The number of esters is 2. The number of ether oxygens (including phenoxy) is 5. The molecule has 1 spiro atoms. The van der Waals surface area contributed by atoms with Crippen LogP contribution in [0.1, 0.15) is 101 Å². The van der Waals surface area contributed by atoms with Crippen LogP contribution in [-0.2, 0) is 28.5 Å². The monoisotopic (exact) mass is 733 g/mol. The molecule has 0 unspecified atom stereocenters. The van der Waals surface area contributed by atoms with Crippen molar-refractivity contribution in [3.05, 3.63) is 82.5 Å². The Balaban J connectivity index is 1.38. The molecule has 2 bridgehead atoms. The average Bonchev–Trinajstić information content (AvgIpc) is 3.47. The summed E-state index contributed by atoms with van der Waals surface area (Å²) in [4.78, 5) is 40.1. The Morgan fingerprint density at radius 1 is 1.09 bits per heavy atom. The van der Waals surface area contributed by atoms with Crippen molar-refractivity contribution >= 4 is 17.8 Å². The van der Waals surface area contributed by atoms with Gasteiger partial charge in [0, 0.05) is 25.2 Å². The maximum atomic E-state index is 14.5. The molecule has 11 nitrogen and oxygen atoms in total. The molecule has 0 aromatic heterocycles. The molecule has 11 heteroatoms. The normalized spacial score (nSPS) is 40.7. The van der Waals surface area contributed by atoms with Crippen LogP contribution in [0.2, 0.25) is 0 Å². The number of allylic oxidation sites excluding steroid dienone is 2. The lowest BCUT2D eigenvalue weighted by Gasteiger charge is -2.51. The number of hydrogen-bond acceptors (Lipinski definition) is 10. The van der Waals surface area contributed by atoms with Crippen molar-refractivity contribution in [3.63, 3.8) is 0 Å². The molecule has 4 heterocycles. The second-order valence-corrected chi connectivity index (χ2v) is 15.9. The van der Waals surface area contributed by atoms with Crippen molar-refractivity contribution in [2.75, 3.05) is 6.61 Å². The lowest BCUT2D eigenvalue weighted by molar-refractivity contribution is -0.340. The fraction of sp³-hybridized carbons (Fsp3) is 0.595. The summed E-state index contributed by atoms with van der Waals surface area (Å²) in [6.45, 7) is 12.0. The van der Waals surface area contributed by atoms with Gasteiger partial charge >= 0.3 is 11.9 Å². The molecule has 6 rings (SSSR count). The Morgan fingerprint density at radius 2 is 1.83 bits per heavy atom. The van der Waals surface area contributed by atoms with E-state index >= 15 is 0 Å². The van der Waals surface area contributed by atoms with Gasteiger partial charge in [0.2, 0.25) is 5.91 Å². The second kappa shape index (κ2) is 15.6. The van der Waals surface area contributed by atoms with E-state index in [0.29, 0.717) is 48.7 Å². The van der Waals surface area contributed by atoms with Gasteiger partial charge in [-0.3, -0.25) is 9.59 Å². The minimum atomic E-state index is -1.95. The largest absolute Gasteiger partial charge is 0.462 e. The van der Waals surface area contributed by atoms with Gasteiger partial charge in [-0.1, -0.05) is 76.6 Å². The number of hydrogen-bond donors (Lipinski definition) is 3. The molecule has 288 valence electrons. The summed E-state index contributed by atoms with van der Waals surface area (Å²) in [5.74, 6) is -4.00. The van der Waals surface area contributed by atoms with E-state index in [1.54, 1.807) is 37.3 Å². The molecule has 1 amide bonds. The number of primary amides is 1. The molecule has 0 radical (unpaired) electrons. The number of nitrogens with two attached hydrogens (primary N) is 1. The summed E-state index contributed by atoms with van der Waals surface area (Å²) in [7, 11) is 0. The van der Waals surface area contributed by atoms with Crippen LogP contribution in [0.25, 0.3) is 0 Å². The molecule has 1 aromatic carbocycles. The van der Waals surface area contributed by atoms with Crippen LogP contribution in [0.5, 0.6) is 0 Å². The van der Waals surface area contributed by atoms with E-state index in [4.69, 9.17) is 29.4 Å². The Labute approximate surface area is 312 Å². The van der Waals surface area contributed by atoms with Gasteiger partial charge in [0.1, 0.15) is 23.7 Å². The van der Waals surface area contributed by atoms with Gasteiger partial charge in [-0.25, -0.2) is 4.79 Å². The second-order valence-electron chi connectivity index (χ2n) is 15.9. The van der Waals surface area contributed by atoms with Crippen molar-refractivity contribution in [3.8, 4) is 0 Å². The van der Waals surface area contributed by atoms with Crippen LogP contribution in [-0.4, -0.2) is 82.7 Å². The zero-order chi connectivity index (χ0) is 38.2. The summed E-state index contributed by atoms with van der Waals surface area (Å²) in [6.07, 6.45) is 8.65. The minimum Gasteiger partial charge on any atom is -0.462 e. The van der Waals surface area contributed by atoms with Gasteiger partial charge in [0.15, 0.2) is 11.9 Å². The summed E-state index contributed by atoms with van der Waals surface area (Å²) < 4.78 is 32.2. The molecule has 53 heavy (non-hydrogen) atoms. The number of benzene rings is 1. The first-order valence-corrected chi connectivity index (χ1v) is 19.1. The quantitative estimate of drug-likeness (QED) is 0.260. The fourth-order valence-corrected chi connectivity index (χ4v) is 8.74. The number of rotatable bonds is 5. The third-order valence-corrected chi connectivity index (χ3v) is 12.1. The van der Waals surface area contributed by atoms with Gasteiger partial charge in [0.25, 0.3) is 0 Å². The number of aliphatic hydroxyl groups excluding tert-OH is 1. The van der Waals surface area contributed by atoms with Crippen LogP contribution in [0.4, 0.5) is 0 Å². The molecule has 3 fully saturated rings. The summed E-state index contributed by atoms with van der Waals surface area (Å²) in [6, 6.07) is 6.07. The van der Waals surface area contributed by atoms with E-state index in [1.165, 1.54) is 12.1 Å². The smallest absolute Gasteiger partial charge is 0.339 e. The van der Waals surface area contributed by atoms with Crippen LogP contribution < -0.4 is 5.73 Å². The number of aliphatic hydroxyl groups is 2. The first-order chi connectivity index (χ1) is 25.2. The van der Waals surface area contributed by atoms with Gasteiger partial charge in [-0.05, 0) is 67.4 Å². The summed E-state index contributed by atoms with van der Waals surface area (Å²) in [5.41, 5.74) is 5.24.